The van der Waals surface area contributed by atoms with Crippen LogP contribution in [0.2, 0.25) is 5.15 Å². The normalized spacial score (nSPS) is 18.6. The average Bonchev–Trinajstić information content (AvgIpc) is 2.31. The molecule has 16 heavy (non-hydrogen) atoms. The third kappa shape index (κ3) is 2.34. The van der Waals surface area contributed by atoms with Crippen LogP contribution < -0.4 is 5.32 Å². The molecule has 0 atom stereocenters. The zero-order valence-electron chi connectivity index (χ0n) is 8.56. The molecule has 1 aliphatic heterocycles. The Labute approximate surface area is 99.1 Å². The van der Waals surface area contributed by atoms with Crippen molar-refractivity contribution in [3.8, 4) is 0 Å². The summed E-state index contributed by atoms with van der Waals surface area (Å²) in [5, 5.41) is 10.2. The molecule has 5 nitrogen and oxygen atoms in total. The van der Waals surface area contributed by atoms with Crippen LogP contribution in [-0.2, 0) is 9.84 Å². The van der Waals surface area contributed by atoms with Gasteiger partial charge in [0.25, 0.3) is 0 Å². The van der Waals surface area contributed by atoms with E-state index in [2.05, 4.69) is 15.5 Å². The fourth-order valence-corrected chi connectivity index (χ4v) is 3.44. The molecule has 1 aromatic rings. The molecule has 0 saturated carbocycles. The number of piperidine rings is 1. The highest BCUT2D eigenvalue weighted by Crippen LogP contribution is 2.20. The Balaban J connectivity index is 2.27. The number of hydrogen-bond acceptors (Lipinski definition) is 5. The third-order valence-electron chi connectivity index (χ3n) is 2.62. The Morgan fingerprint density at radius 1 is 1.25 bits per heavy atom. The largest absolute Gasteiger partial charge is 0.317 e. The van der Waals surface area contributed by atoms with Crippen LogP contribution in [0.3, 0.4) is 0 Å². The summed E-state index contributed by atoms with van der Waals surface area (Å²) in [7, 11) is -3.35. The summed E-state index contributed by atoms with van der Waals surface area (Å²) in [6.45, 7) is 1.45. The van der Waals surface area contributed by atoms with Crippen molar-refractivity contribution in [3.05, 3.63) is 17.3 Å². The second-order valence-corrected chi connectivity index (χ2v) is 6.25. The van der Waals surface area contributed by atoms with Crippen molar-refractivity contribution in [2.45, 2.75) is 23.1 Å². The molecule has 7 heteroatoms. The number of halogens is 1. The van der Waals surface area contributed by atoms with E-state index in [1.807, 2.05) is 0 Å². The number of sulfone groups is 1. The van der Waals surface area contributed by atoms with Crippen LogP contribution in [0.1, 0.15) is 12.8 Å². The van der Waals surface area contributed by atoms with Crippen LogP contribution in [0.25, 0.3) is 0 Å². The first-order chi connectivity index (χ1) is 7.60. The third-order valence-corrected chi connectivity index (χ3v) is 4.98. The van der Waals surface area contributed by atoms with Gasteiger partial charge in [-0.1, -0.05) is 11.6 Å². The molecule has 1 N–H and O–H groups in total. The first-order valence-corrected chi connectivity index (χ1v) is 6.97. The van der Waals surface area contributed by atoms with Crippen molar-refractivity contribution in [3.63, 3.8) is 0 Å². The number of nitrogens with zero attached hydrogens (tertiary/aromatic N) is 2. The Hall–Kier alpha value is -0.720. The van der Waals surface area contributed by atoms with Crippen LogP contribution in [0.5, 0.6) is 0 Å². The predicted octanol–water partition coefficient (Wildman–Crippen LogP) is 0.656. The number of hydrogen-bond donors (Lipinski definition) is 1. The quantitative estimate of drug-likeness (QED) is 0.847. The van der Waals surface area contributed by atoms with Crippen molar-refractivity contribution in [1.82, 2.24) is 15.5 Å². The summed E-state index contributed by atoms with van der Waals surface area (Å²) in [4.78, 5) is 0. The lowest BCUT2D eigenvalue weighted by Gasteiger charge is -2.21. The van der Waals surface area contributed by atoms with Gasteiger partial charge in [0.2, 0.25) is 0 Å². The van der Waals surface area contributed by atoms with Gasteiger partial charge in [0.15, 0.2) is 20.0 Å². The zero-order chi connectivity index (χ0) is 11.6. The molecule has 2 heterocycles. The van der Waals surface area contributed by atoms with Crippen LogP contribution >= 0.6 is 11.6 Å². The van der Waals surface area contributed by atoms with E-state index in [4.69, 9.17) is 11.6 Å². The van der Waals surface area contributed by atoms with Gasteiger partial charge in [0.1, 0.15) is 0 Å². The zero-order valence-corrected chi connectivity index (χ0v) is 10.1. The van der Waals surface area contributed by atoms with E-state index in [1.165, 1.54) is 12.1 Å². The molecule has 1 aliphatic rings. The Morgan fingerprint density at radius 3 is 2.50 bits per heavy atom. The molecule has 0 aromatic carbocycles. The van der Waals surface area contributed by atoms with Gasteiger partial charge in [-0.3, -0.25) is 0 Å². The van der Waals surface area contributed by atoms with Gasteiger partial charge in [-0.2, -0.15) is 0 Å². The van der Waals surface area contributed by atoms with Gasteiger partial charge in [0, 0.05) is 0 Å². The summed E-state index contributed by atoms with van der Waals surface area (Å²) >= 11 is 5.57. The highest BCUT2D eigenvalue weighted by Gasteiger charge is 2.30. The maximum Gasteiger partial charge on any atom is 0.200 e. The van der Waals surface area contributed by atoms with E-state index in [-0.39, 0.29) is 15.4 Å². The summed E-state index contributed by atoms with van der Waals surface area (Å²) in [5.41, 5.74) is 0. The summed E-state index contributed by atoms with van der Waals surface area (Å²) < 4.78 is 24.3. The van der Waals surface area contributed by atoms with E-state index >= 15 is 0 Å². The minimum Gasteiger partial charge on any atom is -0.317 e. The fraction of sp³-hybridized carbons (Fsp3) is 0.556. The monoisotopic (exact) mass is 261 g/mol. The molecule has 1 aromatic heterocycles. The molecule has 0 radical (unpaired) electrons. The van der Waals surface area contributed by atoms with E-state index in [1.54, 1.807) is 0 Å². The minimum atomic E-state index is -3.35. The Morgan fingerprint density at radius 2 is 1.94 bits per heavy atom. The highest BCUT2D eigenvalue weighted by atomic mass is 35.5. The second-order valence-electron chi connectivity index (χ2n) is 3.69. The molecule has 88 valence electrons. The molecule has 0 aliphatic carbocycles. The lowest BCUT2D eigenvalue weighted by Crippen LogP contribution is -2.36. The van der Waals surface area contributed by atoms with Gasteiger partial charge in [-0.15, -0.1) is 10.2 Å². The van der Waals surface area contributed by atoms with Crippen molar-refractivity contribution < 1.29 is 8.42 Å². The molecule has 2 rings (SSSR count). The smallest absolute Gasteiger partial charge is 0.200 e. The molecular weight excluding hydrogens is 250 g/mol. The number of rotatable bonds is 2. The lowest BCUT2D eigenvalue weighted by molar-refractivity contribution is 0.494. The molecule has 1 fully saturated rings. The fourth-order valence-electron chi connectivity index (χ4n) is 1.73. The topological polar surface area (TPSA) is 72.0 Å². The van der Waals surface area contributed by atoms with Gasteiger partial charge in [-0.05, 0) is 38.1 Å². The first kappa shape index (κ1) is 11.8. The predicted molar refractivity (Wildman–Crippen MR) is 60.1 cm³/mol. The van der Waals surface area contributed by atoms with E-state index in [0.29, 0.717) is 12.8 Å². The standard InChI is InChI=1S/C9H12ClN3O2S/c10-8-1-2-9(13-12-8)16(14,15)7-3-5-11-6-4-7/h1-2,7,11H,3-6H2. The molecule has 1 saturated heterocycles. The van der Waals surface area contributed by atoms with Crippen molar-refractivity contribution >= 4 is 21.4 Å². The van der Waals surface area contributed by atoms with E-state index < -0.39 is 9.84 Å². The average molecular weight is 262 g/mol. The molecule has 0 spiro atoms. The minimum absolute atomic E-state index is 0.0174. The second kappa shape index (κ2) is 4.65. The van der Waals surface area contributed by atoms with Gasteiger partial charge >= 0.3 is 0 Å². The SMILES string of the molecule is O=S(=O)(c1ccc(Cl)nn1)C1CCNCC1. The van der Waals surface area contributed by atoms with Crippen LogP contribution in [0.15, 0.2) is 17.2 Å². The maximum absolute atomic E-state index is 12.1. The molecule has 0 amide bonds. The van der Waals surface area contributed by atoms with E-state index in [9.17, 15) is 8.42 Å². The van der Waals surface area contributed by atoms with E-state index in [0.717, 1.165) is 13.1 Å². The van der Waals surface area contributed by atoms with Gasteiger partial charge in [0.05, 0.1) is 5.25 Å². The van der Waals surface area contributed by atoms with Crippen LogP contribution in [-0.4, -0.2) is 37.0 Å². The van der Waals surface area contributed by atoms with Gasteiger partial charge < -0.3 is 5.32 Å². The van der Waals surface area contributed by atoms with Crippen molar-refractivity contribution in [1.29, 1.82) is 0 Å². The van der Waals surface area contributed by atoms with Crippen molar-refractivity contribution in [2.24, 2.45) is 0 Å². The molecule has 0 bridgehead atoms. The summed E-state index contributed by atoms with van der Waals surface area (Å²) in [6, 6.07) is 2.86. The van der Waals surface area contributed by atoms with Crippen LogP contribution in [0, 0.1) is 0 Å². The number of aromatic nitrogens is 2. The first-order valence-electron chi connectivity index (χ1n) is 5.04. The maximum atomic E-state index is 12.1. The Kier molecular flexibility index (Phi) is 3.41. The highest BCUT2D eigenvalue weighted by molar-refractivity contribution is 7.92. The van der Waals surface area contributed by atoms with Crippen LogP contribution in [0.4, 0.5) is 0 Å². The molecular formula is C9H12ClN3O2S. The summed E-state index contributed by atoms with van der Waals surface area (Å²) in [5.74, 6) is 0. The summed E-state index contributed by atoms with van der Waals surface area (Å²) in [6.07, 6.45) is 1.24. The van der Waals surface area contributed by atoms with Crippen molar-refractivity contribution in [2.75, 3.05) is 13.1 Å². The lowest BCUT2D eigenvalue weighted by atomic mass is 10.2. The Bertz CT molecular complexity index is 454. The molecule has 0 unspecified atom stereocenters. The number of nitrogens with one attached hydrogen (secondary N) is 1. The van der Waals surface area contributed by atoms with Gasteiger partial charge in [-0.25, -0.2) is 8.42 Å².